The lowest BCUT2D eigenvalue weighted by Crippen LogP contribution is -2.46. The molecule has 2 N–H and O–H groups in total. The first-order chi connectivity index (χ1) is 13.0. The molecule has 1 unspecified atom stereocenters. The number of hydrogen-bond donors (Lipinski definition) is 2. The molecule has 1 aliphatic heterocycles. The highest BCUT2D eigenvalue weighted by molar-refractivity contribution is 6.31. The zero-order valence-corrected chi connectivity index (χ0v) is 17.2. The minimum absolute atomic E-state index is 0.0103. The fourth-order valence-electron chi connectivity index (χ4n) is 3.11. The third-order valence-electron chi connectivity index (χ3n) is 4.38. The molecule has 8 nitrogen and oxygen atoms in total. The summed E-state index contributed by atoms with van der Waals surface area (Å²) >= 11 is 6.16. The van der Waals surface area contributed by atoms with E-state index in [2.05, 4.69) is 15.1 Å². The fourth-order valence-corrected chi connectivity index (χ4v) is 3.34. The van der Waals surface area contributed by atoms with Gasteiger partial charge in [0.25, 0.3) is 0 Å². The third kappa shape index (κ3) is 4.83. The first-order valence-corrected chi connectivity index (χ1v) is 9.35. The van der Waals surface area contributed by atoms with Crippen LogP contribution in [0.5, 0.6) is 0 Å². The number of carbonyl (C=O) groups is 1. The van der Waals surface area contributed by atoms with Crippen LogP contribution in [0.1, 0.15) is 45.2 Å². The van der Waals surface area contributed by atoms with Crippen LogP contribution in [0.15, 0.2) is 0 Å². The van der Waals surface area contributed by atoms with Gasteiger partial charge in [-0.2, -0.15) is 5.26 Å². The van der Waals surface area contributed by atoms with Crippen molar-refractivity contribution in [1.82, 2.24) is 10.3 Å². The Kier molecular flexibility index (Phi) is 6.38. The highest BCUT2D eigenvalue weighted by atomic mass is 35.5. The van der Waals surface area contributed by atoms with Crippen LogP contribution < -0.4 is 10.2 Å². The molecular formula is C19H24ClN5O3. The largest absolute Gasteiger partial charge is 0.444 e. The predicted octanol–water partition coefficient (Wildman–Crippen LogP) is 3.19. The molecule has 0 aromatic carbocycles. The first kappa shape index (κ1) is 21.7. The number of amides is 1. The molecule has 150 valence electrons. The molecule has 28 heavy (non-hydrogen) atoms. The van der Waals surface area contributed by atoms with Gasteiger partial charge in [-0.15, -0.1) is 0 Å². The lowest BCUT2D eigenvalue weighted by molar-refractivity contribution is 0.0344. The Hall–Kier alpha value is -2.55. The van der Waals surface area contributed by atoms with Gasteiger partial charge in [0.1, 0.15) is 28.2 Å². The number of β-amino-alcohol motifs (C(OH)–C–C–N with tert-alkyl or cyclic N) is 1. The van der Waals surface area contributed by atoms with Crippen LogP contribution in [0.25, 0.3) is 4.85 Å². The maximum atomic E-state index is 11.9. The average molecular weight is 406 g/mol. The number of aliphatic hydroxyl groups is 1. The van der Waals surface area contributed by atoms with Crippen molar-refractivity contribution in [2.45, 2.75) is 51.7 Å². The molecule has 1 aliphatic rings. The molecule has 1 amide bonds. The van der Waals surface area contributed by atoms with Crippen LogP contribution in [0.3, 0.4) is 0 Å². The zero-order chi connectivity index (χ0) is 21.1. The molecule has 0 radical (unpaired) electrons. The van der Waals surface area contributed by atoms with Crippen molar-refractivity contribution in [2.75, 3.05) is 24.5 Å². The SMILES string of the molecule is [C-]#[N+]c1c(N2CCC(O)(CNC(=O)OC(C)(C)C)C2)nc(Cl)c(C#N)c1CC. The number of rotatable bonds is 4. The number of nitrogens with one attached hydrogen (secondary N) is 1. The second-order valence-electron chi connectivity index (χ2n) is 7.76. The number of pyridine rings is 1. The van der Waals surface area contributed by atoms with Crippen LogP contribution >= 0.6 is 11.6 Å². The van der Waals surface area contributed by atoms with E-state index in [1.807, 2.05) is 13.0 Å². The number of halogens is 1. The third-order valence-corrected chi connectivity index (χ3v) is 4.65. The second kappa shape index (κ2) is 8.22. The van der Waals surface area contributed by atoms with Gasteiger partial charge in [-0.1, -0.05) is 18.5 Å². The minimum Gasteiger partial charge on any atom is -0.444 e. The Morgan fingerprint density at radius 2 is 2.25 bits per heavy atom. The molecule has 0 bridgehead atoms. The number of nitriles is 1. The quantitative estimate of drug-likeness (QED) is 0.589. The van der Waals surface area contributed by atoms with Gasteiger partial charge in [-0.25, -0.2) is 14.6 Å². The molecule has 2 heterocycles. The Bertz CT molecular complexity index is 853. The number of nitrogens with zero attached hydrogens (tertiary/aromatic N) is 4. The minimum atomic E-state index is -1.19. The summed E-state index contributed by atoms with van der Waals surface area (Å²) < 4.78 is 5.19. The summed E-state index contributed by atoms with van der Waals surface area (Å²) in [6.07, 6.45) is 0.240. The van der Waals surface area contributed by atoms with Crippen LogP contribution in [0, 0.1) is 17.9 Å². The molecule has 1 aromatic heterocycles. The van der Waals surface area contributed by atoms with Gasteiger partial charge >= 0.3 is 6.09 Å². The van der Waals surface area contributed by atoms with E-state index in [1.165, 1.54) is 0 Å². The van der Waals surface area contributed by atoms with E-state index >= 15 is 0 Å². The average Bonchev–Trinajstić information content (AvgIpc) is 3.00. The lowest BCUT2D eigenvalue weighted by atomic mass is 10.0. The summed E-state index contributed by atoms with van der Waals surface area (Å²) in [7, 11) is 0. The van der Waals surface area contributed by atoms with E-state index in [0.29, 0.717) is 30.8 Å². The summed E-state index contributed by atoms with van der Waals surface area (Å²) in [6, 6.07) is 2.01. The van der Waals surface area contributed by atoms with E-state index in [0.717, 1.165) is 0 Å². The Labute approximate surface area is 169 Å². The molecule has 1 aromatic rings. The summed E-state index contributed by atoms with van der Waals surface area (Å²) in [5.74, 6) is 0.351. The van der Waals surface area contributed by atoms with Gasteiger partial charge in [-0.3, -0.25) is 0 Å². The van der Waals surface area contributed by atoms with Gasteiger partial charge in [0.05, 0.1) is 18.7 Å². The maximum absolute atomic E-state index is 11.9. The summed E-state index contributed by atoms with van der Waals surface area (Å²) in [6.45, 7) is 15.3. The Morgan fingerprint density at radius 1 is 1.57 bits per heavy atom. The first-order valence-electron chi connectivity index (χ1n) is 8.97. The predicted molar refractivity (Wildman–Crippen MR) is 106 cm³/mol. The number of ether oxygens (including phenoxy) is 1. The van der Waals surface area contributed by atoms with Crippen molar-refractivity contribution in [3.8, 4) is 6.07 Å². The van der Waals surface area contributed by atoms with Crippen molar-refractivity contribution in [3.63, 3.8) is 0 Å². The molecule has 0 spiro atoms. The normalized spacial score (nSPS) is 19.1. The number of hydrogen-bond acceptors (Lipinski definition) is 6. The smallest absolute Gasteiger partial charge is 0.407 e. The Morgan fingerprint density at radius 3 is 2.79 bits per heavy atom. The van der Waals surface area contributed by atoms with Crippen molar-refractivity contribution in [2.24, 2.45) is 0 Å². The Balaban J connectivity index is 2.20. The number of anilines is 1. The molecule has 1 fully saturated rings. The van der Waals surface area contributed by atoms with Gasteiger partial charge in [0.2, 0.25) is 5.69 Å². The molecule has 9 heteroatoms. The topological polar surface area (TPSA) is 103 Å². The van der Waals surface area contributed by atoms with Gasteiger partial charge < -0.3 is 20.1 Å². The molecule has 0 saturated carbocycles. The second-order valence-corrected chi connectivity index (χ2v) is 8.11. The van der Waals surface area contributed by atoms with E-state index in [1.54, 1.807) is 25.7 Å². The standard InChI is InChI=1S/C19H24ClN5O3/c1-6-12-13(9-21)15(20)24-16(14(12)22-5)25-8-7-19(27,11-25)10-23-17(26)28-18(2,3)4/h27H,6-8,10-11H2,1-4H3,(H,23,26). The van der Waals surface area contributed by atoms with Crippen LogP contribution in [0.2, 0.25) is 5.15 Å². The number of carbonyl (C=O) groups excluding carboxylic acids is 1. The van der Waals surface area contributed by atoms with Gasteiger partial charge in [0.15, 0.2) is 0 Å². The van der Waals surface area contributed by atoms with Crippen LogP contribution in [0.4, 0.5) is 16.3 Å². The summed E-state index contributed by atoms with van der Waals surface area (Å²) in [4.78, 5) is 21.4. The van der Waals surface area contributed by atoms with E-state index in [4.69, 9.17) is 22.9 Å². The van der Waals surface area contributed by atoms with Gasteiger partial charge in [0, 0.05) is 13.1 Å². The number of alkyl carbamates (subject to hydrolysis) is 1. The highest BCUT2D eigenvalue weighted by Gasteiger charge is 2.38. The maximum Gasteiger partial charge on any atom is 0.407 e. The van der Waals surface area contributed by atoms with E-state index in [-0.39, 0.29) is 29.5 Å². The van der Waals surface area contributed by atoms with Crippen molar-refractivity contribution >= 4 is 29.2 Å². The molecular weight excluding hydrogens is 382 g/mol. The van der Waals surface area contributed by atoms with Crippen LogP contribution in [-0.4, -0.2) is 47.0 Å². The monoisotopic (exact) mass is 405 g/mol. The summed E-state index contributed by atoms with van der Waals surface area (Å²) in [5, 5.41) is 22.8. The fraction of sp³-hybridized carbons (Fsp3) is 0.579. The summed E-state index contributed by atoms with van der Waals surface area (Å²) in [5.41, 5.74) is -0.786. The molecule has 0 aliphatic carbocycles. The zero-order valence-electron chi connectivity index (χ0n) is 16.5. The van der Waals surface area contributed by atoms with Crippen molar-refractivity contribution in [1.29, 1.82) is 5.26 Å². The molecule has 1 saturated heterocycles. The highest BCUT2D eigenvalue weighted by Crippen LogP contribution is 2.39. The molecule has 1 atom stereocenters. The lowest BCUT2D eigenvalue weighted by Gasteiger charge is -2.26. The molecule has 2 rings (SSSR count). The van der Waals surface area contributed by atoms with Crippen molar-refractivity contribution in [3.05, 3.63) is 27.7 Å². The van der Waals surface area contributed by atoms with Crippen LogP contribution in [-0.2, 0) is 11.2 Å². The van der Waals surface area contributed by atoms with Crippen molar-refractivity contribution < 1.29 is 14.6 Å². The van der Waals surface area contributed by atoms with E-state index < -0.39 is 17.3 Å². The van der Waals surface area contributed by atoms with E-state index in [9.17, 15) is 15.2 Å². The number of aromatic nitrogens is 1. The van der Waals surface area contributed by atoms with Gasteiger partial charge in [-0.05, 0) is 39.2 Å².